The number of carbonyl (C=O) groups excluding carboxylic acids is 1. The quantitative estimate of drug-likeness (QED) is 0.598. The summed E-state index contributed by atoms with van der Waals surface area (Å²) in [5, 5.41) is 2.75. The summed E-state index contributed by atoms with van der Waals surface area (Å²) in [5.74, 6) is -0.549. The lowest BCUT2D eigenvalue weighted by molar-refractivity contribution is -0.117. The molecule has 0 unspecified atom stereocenters. The minimum absolute atomic E-state index is 0.191. The van der Waals surface area contributed by atoms with Crippen molar-refractivity contribution in [2.45, 2.75) is 12.5 Å². The van der Waals surface area contributed by atoms with Gasteiger partial charge < -0.3 is 5.32 Å². The maximum atomic E-state index is 12.7. The lowest BCUT2D eigenvalue weighted by atomic mass is 10.0. The Labute approximate surface area is 94.5 Å². The van der Waals surface area contributed by atoms with E-state index in [4.69, 9.17) is 0 Å². The van der Waals surface area contributed by atoms with E-state index in [9.17, 15) is 9.18 Å². The number of amides is 1. The molecule has 0 saturated heterocycles. The van der Waals surface area contributed by atoms with Crippen molar-refractivity contribution in [1.29, 1.82) is 0 Å². The second-order valence-corrected chi connectivity index (χ2v) is 3.34. The average molecular weight is 219 g/mol. The largest absolute Gasteiger partial charge is 0.345 e. The predicted octanol–water partition coefficient (Wildman–Crippen LogP) is 2.75. The fourth-order valence-electron chi connectivity index (χ4n) is 1.37. The van der Waals surface area contributed by atoms with E-state index in [2.05, 4.69) is 18.5 Å². The van der Waals surface area contributed by atoms with Crippen LogP contribution in [-0.2, 0) is 4.79 Å². The molecule has 0 aromatic heterocycles. The monoisotopic (exact) mass is 219 g/mol. The van der Waals surface area contributed by atoms with Gasteiger partial charge in [0.1, 0.15) is 5.82 Å². The number of benzene rings is 1. The Morgan fingerprint density at radius 2 is 2.00 bits per heavy atom. The molecule has 1 aromatic rings. The van der Waals surface area contributed by atoms with Crippen molar-refractivity contribution in [1.82, 2.24) is 5.32 Å². The van der Waals surface area contributed by atoms with Crippen molar-refractivity contribution in [3.8, 4) is 0 Å². The number of hydrogen-bond donors (Lipinski definition) is 1. The maximum absolute atomic E-state index is 12.7. The van der Waals surface area contributed by atoms with Gasteiger partial charge in [-0.05, 0) is 30.2 Å². The summed E-state index contributed by atoms with van der Waals surface area (Å²) < 4.78 is 12.7. The van der Waals surface area contributed by atoms with Gasteiger partial charge in [-0.3, -0.25) is 4.79 Å². The first-order chi connectivity index (χ1) is 7.67. The molecule has 0 bridgehead atoms. The van der Waals surface area contributed by atoms with Crippen molar-refractivity contribution >= 4 is 5.91 Å². The Morgan fingerprint density at radius 3 is 2.50 bits per heavy atom. The Balaban J connectivity index is 2.83. The number of halogens is 1. The SMILES string of the molecule is C=CC[C@H](NC(=O)C=C)c1ccc(F)cc1. The molecule has 2 nitrogen and oxygen atoms in total. The van der Waals surface area contributed by atoms with Gasteiger partial charge in [0.25, 0.3) is 0 Å². The van der Waals surface area contributed by atoms with Crippen LogP contribution in [0.2, 0.25) is 0 Å². The van der Waals surface area contributed by atoms with E-state index >= 15 is 0 Å². The molecular weight excluding hydrogens is 205 g/mol. The molecule has 84 valence electrons. The molecule has 0 aliphatic heterocycles. The Bertz CT molecular complexity index is 383. The Morgan fingerprint density at radius 1 is 1.38 bits per heavy atom. The van der Waals surface area contributed by atoms with Gasteiger partial charge in [-0.1, -0.05) is 24.8 Å². The molecule has 1 rings (SSSR count). The number of nitrogens with one attached hydrogen (secondary N) is 1. The van der Waals surface area contributed by atoms with Crippen LogP contribution in [0, 0.1) is 5.82 Å². The standard InChI is InChI=1S/C13H14FNO/c1-3-5-12(15-13(16)4-2)10-6-8-11(14)9-7-10/h3-4,6-9,12H,1-2,5H2,(H,15,16)/t12-/m0/s1. The number of rotatable bonds is 5. The summed E-state index contributed by atoms with van der Waals surface area (Å²) in [6.07, 6.45) is 3.50. The summed E-state index contributed by atoms with van der Waals surface area (Å²) in [4.78, 5) is 11.2. The van der Waals surface area contributed by atoms with Crippen LogP contribution >= 0.6 is 0 Å². The molecule has 0 aliphatic rings. The zero-order valence-electron chi connectivity index (χ0n) is 8.95. The molecule has 16 heavy (non-hydrogen) atoms. The van der Waals surface area contributed by atoms with Crippen LogP contribution in [0.3, 0.4) is 0 Å². The fraction of sp³-hybridized carbons (Fsp3) is 0.154. The zero-order valence-corrected chi connectivity index (χ0v) is 8.95. The van der Waals surface area contributed by atoms with Crippen molar-refractivity contribution < 1.29 is 9.18 Å². The molecule has 0 saturated carbocycles. The van der Waals surface area contributed by atoms with Crippen molar-refractivity contribution in [2.75, 3.05) is 0 Å². The minimum atomic E-state index is -0.295. The van der Waals surface area contributed by atoms with Gasteiger partial charge in [0, 0.05) is 0 Å². The zero-order chi connectivity index (χ0) is 12.0. The Hall–Kier alpha value is -1.90. The third-order valence-electron chi connectivity index (χ3n) is 2.18. The molecule has 0 radical (unpaired) electrons. The van der Waals surface area contributed by atoms with E-state index in [1.54, 1.807) is 18.2 Å². The van der Waals surface area contributed by atoms with Crippen LogP contribution in [0.15, 0.2) is 49.6 Å². The van der Waals surface area contributed by atoms with Crippen LogP contribution in [0.25, 0.3) is 0 Å². The molecule has 0 spiro atoms. The fourth-order valence-corrected chi connectivity index (χ4v) is 1.37. The van der Waals surface area contributed by atoms with E-state index in [0.717, 1.165) is 5.56 Å². The van der Waals surface area contributed by atoms with E-state index in [1.165, 1.54) is 18.2 Å². The summed E-state index contributed by atoms with van der Waals surface area (Å²) in [7, 11) is 0. The van der Waals surface area contributed by atoms with Gasteiger partial charge in [0.15, 0.2) is 0 Å². The highest BCUT2D eigenvalue weighted by molar-refractivity contribution is 5.87. The molecule has 3 heteroatoms. The van der Waals surface area contributed by atoms with Crippen LogP contribution in [0.4, 0.5) is 4.39 Å². The first kappa shape index (κ1) is 12.2. The lowest BCUT2D eigenvalue weighted by Gasteiger charge is -2.16. The molecule has 1 amide bonds. The molecule has 0 fully saturated rings. The highest BCUT2D eigenvalue weighted by Gasteiger charge is 2.11. The minimum Gasteiger partial charge on any atom is -0.345 e. The molecule has 1 aromatic carbocycles. The first-order valence-corrected chi connectivity index (χ1v) is 4.96. The maximum Gasteiger partial charge on any atom is 0.243 e. The Kier molecular flexibility index (Phi) is 4.45. The third-order valence-corrected chi connectivity index (χ3v) is 2.18. The molecule has 1 N–H and O–H groups in total. The smallest absolute Gasteiger partial charge is 0.243 e. The van der Waals surface area contributed by atoms with Crippen molar-refractivity contribution in [2.24, 2.45) is 0 Å². The third kappa shape index (κ3) is 3.35. The molecule has 1 atom stereocenters. The second kappa shape index (κ2) is 5.85. The van der Waals surface area contributed by atoms with Crippen LogP contribution in [-0.4, -0.2) is 5.91 Å². The van der Waals surface area contributed by atoms with Crippen molar-refractivity contribution in [3.05, 3.63) is 61.0 Å². The second-order valence-electron chi connectivity index (χ2n) is 3.34. The van der Waals surface area contributed by atoms with E-state index < -0.39 is 0 Å². The molecule has 0 heterocycles. The average Bonchev–Trinajstić information content (AvgIpc) is 2.29. The number of carbonyl (C=O) groups is 1. The number of hydrogen-bond acceptors (Lipinski definition) is 1. The predicted molar refractivity (Wildman–Crippen MR) is 62.3 cm³/mol. The van der Waals surface area contributed by atoms with Gasteiger partial charge in [-0.2, -0.15) is 0 Å². The summed E-state index contributed by atoms with van der Waals surface area (Å²) in [6.45, 7) is 7.01. The molecule has 0 aliphatic carbocycles. The topological polar surface area (TPSA) is 29.1 Å². The summed E-state index contributed by atoms with van der Waals surface area (Å²) in [5.41, 5.74) is 0.844. The molecular formula is C13H14FNO. The van der Waals surface area contributed by atoms with E-state index in [1.807, 2.05) is 0 Å². The van der Waals surface area contributed by atoms with Gasteiger partial charge in [-0.15, -0.1) is 6.58 Å². The van der Waals surface area contributed by atoms with E-state index in [-0.39, 0.29) is 17.8 Å². The first-order valence-electron chi connectivity index (χ1n) is 4.96. The highest BCUT2D eigenvalue weighted by atomic mass is 19.1. The van der Waals surface area contributed by atoms with E-state index in [0.29, 0.717) is 6.42 Å². The lowest BCUT2D eigenvalue weighted by Crippen LogP contribution is -2.26. The van der Waals surface area contributed by atoms with Gasteiger partial charge >= 0.3 is 0 Å². The van der Waals surface area contributed by atoms with Crippen molar-refractivity contribution in [3.63, 3.8) is 0 Å². The van der Waals surface area contributed by atoms with Gasteiger partial charge in [-0.25, -0.2) is 4.39 Å². The summed E-state index contributed by atoms with van der Waals surface area (Å²) in [6, 6.07) is 5.83. The van der Waals surface area contributed by atoms with Gasteiger partial charge in [0.05, 0.1) is 6.04 Å². The van der Waals surface area contributed by atoms with Crippen LogP contribution < -0.4 is 5.32 Å². The van der Waals surface area contributed by atoms with Crippen LogP contribution in [0.1, 0.15) is 18.0 Å². The van der Waals surface area contributed by atoms with Crippen LogP contribution in [0.5, 0.6) is 0 Å². The normalized spacial score (nSPS) is 11.6. The highest BCUT2D eigenvalue weighted by Crippen LogP contribution is 2.17. The van der Waals surface area contributed by atoms with Gasteiger partial charge in [0.2, 0.25) is 5.91 Å². The summed E-state index contributed by atoms with van der Waals surface area (Å²) >= 11 is 0.